The highest BCUT2D eigenvalue weighted by atomic mass is 35.8. The lowest BCUT2D eigenvalue weighted by atomic mass is 10.4. The van der Waals surface area contributed by atoms with Crippen LogP contribution >= 0.6 is 48.3 Å². The highest BCUT2D eigenvalue weighted by molar-refractivity contribution is 8.99. The zero-order chi connectivity index (χ0) is 8.32. The summed E-state index contributed by atoms with van der Waals surface area (Å²) < 4.78 is 13.6. The van der Waals surface area contributed by atoms with Crippen LogP contribution in [0.15, 0.2) is 0 Å². The first-order valence-electron chi connectivity index (χ1n) is 3.19. The van der Waals surface area contributed by atoms with E-state index in [-0.39, 0.29) is 0 Å². The smallest absolute Gasteiger partial charge is 0.280 e. The third kappa shape index (κ3) is 2.45. The van der Waals surface area contributed by atoms with Crippen molar-refractivity contribution in [2.45, 2.75) is 12.8 Å². The fourth-order valence-corrected chi connectivity index (χ4v) is 7.64. The molecule has 0 unspecified atom stereocenters. The highest BCUT2D eigenvalue weighted by Gasteiger charge is 2.33. The molecule has 1 heterocycles. The van der Waals surface area contributed by atoms with Crippen molar-refractivity contribution in [3.63, 3.8) is 0 Å². The summed E-state index contributed by atoms with van der Waals surface area (Å²) in [4.78, 5) is 0. The van der Waals surface area contributed by atoms with Crippen LogP contribution in [0.3, 0.4) is 0 Å². The van der Waals surface area contributed by atoms with Gasteiger partial charge < -0.3 is 0 Å². The third-order valence-electron chi connectivity index (χ3n) is 1.60. The summed E-state index contributed by atoms with van der Waals surface area (Å²) in [5, 5.41) is 0. The van der Waals surface area contributed by atoms with E-state index in [1.165, 1.54) is 0 Å². The summed E-state index contributed by atoms with van der Waals surface area (Å²) in [5.41, 5.74) is -2.53. The number of halogens is 2. The molecule has 7 heteroatoms. The summed E-state index contributed by atoms with van der Waals surface area (Å²) in [6.45, 7) is 1.72. The molecule has 0 saturated carbocycles. The molecule has 0 aromatic heterocycles. The van der Waals surface area contributed by atoms with Crippen LogP contribution in [-0.2, 0) is 4.57 Å². The van der Waals surface area contributed by atoms with E-state index in [0.29, 0.717) is 0 Å². The molecule has 0 aromatic rings. The molecule has 66 valence electrons. The Morgan fingerprint density at radius 3 is 2.00 bits per heavy atom. The molecule has 0 radical (unpaired) electrons. The van der Waals surface area contributed by atoms with E-state index >= 15 is 0 Å². The third-order valence-corrected chi connectivity index (χ3v) is 11.7. The van der Waals surface area contributed by atoms with Gasteiger partial charge in [0.2, 0.25) is 0 Å². The van der Waals surface area contributed by atoms with Gasteiger partial charge in [0.05, 0.1) is 0 Å². The second-order valence-corrected chi connectivity index (χ2v) is 11.0. The van der Waals surface area contributed by atoms with Crippen LogP contribution in [0.4, 0.5) is 0 Å². The summed E-state index contributed by atoms with van der Waals surface area (Å²) in [6, 6.07) is 0. The SMILES string of the molecule is O=P(SCl)(SCl)N1CCCC1. The molecule has 0 N–H and O–H groups in total. The van der Waals surface area contributed by atoms with Crippen molar-refractivity contribution in [2.75, 3.05) is 13.1 Å². The predicted molar refractivity (Wildman–Crippen MR) is 55.3 cm³/mol. The molecule has 0 atom stereocenters. The monoisotopic (exact) mass is 251 g/mol. The quantitative estimate of drug-likeness (QED) is 0.708. The van der Waals surface area contributed by atoms with Crippen molar-refractivity contribution in [3.8, 4) is 0 Å². The molecule has 1 rings (SSSR count). The molecule has 2 nitrogen and oxygen atoms in total. The molecule has 0 aromatic carbocycles. The minimum atomic E-state index is -2.53. The van der Waals surface area contributed by atoms with E-state index in [9.17, 15) is 4.57 Å². The van der Waals surface area contributed by atoms with Crippen LogP contribution in [0, 0.1) is 0 Å². The molecule has 1 aliphatic rings. The lowest BCUT2D eigenvalue weighted by molar-refractivity contribution is 0.503. The van der Waals surface area contributed by atoms with Gasteiger partial charge in [-0.3, -0.25) is 4.57 Å². The fraction of sp³-hybridized carbons (Fsp3) is 1.00. The number of hydrogen-bond acceptors (Lipinski definition) is 3. The Kier molecular flexibility index (Phi) is 4.45. The number of hydrogen-bond donors (Lipinski definition) is 0. The summed E-state index contributed by atoms with van der Waals surface area (Å²) >= 11 is 0. The topological polar surface area (TPSA) is 20.3 Å². The van der Waals surface area contributed by atoms with Crippen LogP contribution in [0.25, 0.3) is 0 Å². The normalized spacial score (nSPS) is 20.9. The zero-order valence-corrected chi connectivity index (χ0v) is 9.74. The molecule has 0 amide bonds. The highest BCUT2D eigenvalue weighted by Crippen LogP contribution is 2.74. The second kappa shape index (κ2) is 4.64. The van der Waals surface area contributed by atoms with E-state index in [4.69, 9.17) is 21.4 Å². The van der Waals surface area contributed by atoms with Crippen molar-refractivity contribution < 1.29 is 4.57 Å². The molecule has 0 aliphatic carbocycles. The van der Waals surface area contributed by atoms with Gasteiger partial charge in [-0.25, -0.2) is 4.67 Å². The first-order valence-corrected chi connectivity index (χ1v) is 9.34. The Hall–Kier alpha value is 1.47. The molecular weight excluding hydrogens is 244 g/mol. The Labute approximate surface area is 83.3 Å². The van der Waals surface area contributed by atoms with Gasteiger partial charge in [0.15, 0.2) is 0 Å². The minimum absolute atomic E-state index is 0.854. The Bertz CT molecular complexity index is 167. The molecule has 11 heavy (non-hydrogen) atoms. The molecular formula is C4H8Cl2NOPS2. The zero-order valence-electron chi connectivity index (χ0n) is 5.70. The first-order chi connectivity index (χ1) is 5.23. The van der Waals surface area contributed by atoms with Gasteiger partial charge in [0, 0.05) is 34.3 Å². The Morgan fingerprint density at radius 2 is 1.64 bits per heavy atom. The van der Waals surface area contributed by atoms with Crippen molar-refractivity contribution >= 4 is 48.3 Å². The van der Waals surface area contributed by atoms with Crippen LogP contribution in [0.5, 0.6) is 0 Å². The molecule has 1 saturated heterocycles. The largest absolute Gasteiger partial charge is 0.287 e. The van der Waals surface area contributed by atoms with Crippen molar-refractivity contribution in [2.24, 2.45) is 0 Å². The van der Waals surface area contributed by atoms with E-state index in [0.717, 1.165) is 47.1 Å². The predicted octanol–water partition coefficient (Wildman–Crippen LogP) is 3.96. The second-order valence-electron chi connectivity index (χ2n) is 2.27. The maximum absolute atomic E-state index is 11.7. The van der Waals surface area contributed by atoms with Gasteiger partial charge in [-0.2, -0.15) is 0 Å². The molecule has 1 fully saturated rings. The van der Waals surface area contributed by atoms with Gasteiger partial charge in [-0.15, -0.1) is 0 Å². The van der Waals surface area contributed by atoms with Crippen LogP contribution < -0.4 is 0 Å². The Balaban J connectivity index is 2.60. The van der Waals surface area contributed by atoms with Crippen LogP contribution in [0.2, 0.25) is 0 Å². The standard InChI is InChI=1S/C4H8Cl2NOPS2/c5-10-9(8,11-6)7-3-1-2-4-7/h1-4H2. The molecule has 1 aliphatic heterocycles. The van der Waals surface area contributed by atoms with Gasteiger partial charge in [-0.1, -0.05) is 0 Å². The van der Waals surface area contributed by atoms with E-state index < -0.39 is 5.70 Å². The van der Waals surface area contributed by atoms with Gasteiger partial charge in [0.25, 0.3) is 5.70 Å². The average Bonchev–Trinajstić information content (AvgIpc) is 2.55. The van der Waals surface area contributed by atoms with Gasteiger partial charge >= 0.3 is 0 Å². The van der Waals surface area contributed by atoms with Crippen LogP contribution in [0.1, 0.15) is 12.8 Å². The minimum Gasteiger partial charge on any atom is -0.280 e. The van der Waals surface area contributed by atoms with E-state index in [2.05, 4.69) is 0 Å². The Morgan fingerprint density at radius 1 is 1.18 bits per heavy atom. The van der Waals surface area contributed by atoms with E-state index in [1.807, 2.05) is 4.67 Å². The number of nitrogens with zero attached hydrogens (tertiary/aromatic N) is 1. The summed E-state index contributed by atoms with van der Waals surface area (Å²) in [6.07, 6.45) is 2.19. The van der Waals surface area contributed by atoms with E-state index in [1.54, 1.807) is 0 Å². The van der Waals surface area contributed by atoms with Crippen molar-refractivity contribution in [1.82, 2.24) is 4.67 Å². The fourth-order valence-electron chi connectivity index (χ4n) is 1.04. The molecule has 0 spiro atoms. The van der Waals surface area contributed by atoms with Gasteiger partial charge in [0.1, 0.15) is 0 Å². The maximum atomic E-state index is 11.7. The van der Waals surface area contributed by atoms with Crippen molar-refractivity contribution in [1.29, 1.82) is 0 Å². The van der Waals surface area contributed by atoms with Crippen LogP contribution in [-0.4, -0.2) is 17.8 Å². The number of rotatable bonds is 3. The first kappa shape index (κ1) is 10.6. The maximum Gasteiger partial charge on any atom is 0.287 e. The van der Waals surface area contributed by atoms with Gasteiger partial charge in [-0.05, 0) is 34.2 Å². The summed E-state index contributed by atoms with van der Waals surface area (Å²) in [7, 11) is 12.7. The lowest BCUT2D eigenvalue weighted by Gasteiger charge is -2.20. The summed E-state index contributed by atoms with van der Waals surface area (Å²) in [5.74, 6) is 0. The van der Waals surface area contributed by atoms with Crippen molar-refractivity contribution in [3.05, 3.63) is 0 Å². The average molecular weight is 252 g/mol. The lowest BCUT2D eigenvalue weighted by Crippen LogP contribution is -2.10. The molecule has 0 bridgehead atoms.